The third-order valence-electron chi connectivity index (χ3n) is 5.72. The van der Waals surface area contributed by atoms with Gasteiger partial charge in [0.2, 0.25) is 11.8 Å². The summed E-state index contributed by atoms with van der Waals surface area (Å²) in [6.07, 6.45) is 2.60. The van der Waals surface area contributed by atoms with Gasteiger partial charge >= 0.3 is 0 Å². The lowest BCUT2D eigenvalue weighted by atomic mass is 9.99. The molecule has 170 valence electrons. The zero-order valence-corrected chi connectivity index (χ0v) is 19.9. The predicted molar refractivity (Wildman–Crippen MR) is 129 cm³/mol. The van der Waals surface area contributed by atoms with Gasteiger partial charge in [0, 0.05) is 19.0 Å². The zero-order valence-electron chi connectivity index (χ0n) is 18.3. The second-order valence-corrected chi connectivity index (χ2v) is 9.96. The number of carbonyl (C=O) groups is 1. The number of amides is 1. The van der Waals surface area contributed by atoms with Crippen molar-refractivity contribution in [1.29, 1.82) is 0 Å². The van der Waals surface area contributed by atoms with Gasteiger partial charge < -0.3 is 14.1 Å². The molecule has 4 aromatic rings. The number of ether oxygens (including phenoxy) is 1. The Morgan fingerprint density at radius 2 is 2.06 bits per heavy atom. The van der Waals surface area contributed by atoms with Gasteiger partial charge in [-0.3, -0.25) is 4.79 Å². The van der Waals surface area contributed by atoms with Crippen LogP contribution in [0.1, 0.15) is 35.2 Å². The van der Waals surface area contributed by atoms with Gasteiger partial charge in [0.05, 0.1) is 34.5 Å². The first-order valence-corrected chi connectivity index (χ1v) is 12.7. The maximum absolute atomic E-state index is 12.9. The molecule has 1 fully saturated rings. The average molecular weight is 481 g/mol. The Kier molecular flexibility index (Phi) is 6.59. The fraction of sp³-hybridized carbons (Fsp3) is 0.333. The monoisotopic (exact) mass is 480 g/mol. The standard InChI is InChI=1S/C24H24N4O3S2/c1-30-18-10-8-16(9-11-18)13-21-26-27-24(31-21)32-15-22(29)28-12-4-5-17(14-28)23-25-19-6-2-3-7-20(19)33-23/h2-3,6-11,17H,4-5,12-15H2,1H3/t17-/m1/s1. The molecule has 0 bridgehead atoms. The lowest BCUT2D eigenvalue weighted by Gasteiger charge is -2.31. The lowest BCUT2D eigenvalue weighted by Crippen LogP contribution is -2.40. The van der Waals surface area contributed by atoms with Crippen molar-refractivity contribution < 1.29 is 13.9 Å². The van der Waals surface area contributed by atoms with Crippen LogP contribution in [-0.4, -0.2) is 51.9 Å². The van der Waals surface area contributed by atoms with E-state index in [0.717, 1.165) is 41.2 Å². The van der Waals surface area contributed by atoms with Gasteiger partial charge in [0.25, 0.3) is 5.22 Å². The molecule has 5 rings (SSSR count). The molecular weight excluding hydrogens is 456 g/mol. The van der Waals surface area contributed by atoms with Gasteiger partial charge in [-0.05, 0) is 42.7 Å². The minimum Gasteiger partial charge on any atom is -0.497 e. The van der Waals surface area contributed by atoms with Crippen molar-refractivity contribution in [3.05, 3.63) is 65.0 Å². The largest absolute Gasteiger partial charge is 0.497 e. The van der Waals surface area contributed by atoms with E-state index >= 15 is 0 Å². The minimum absolute atomic E-state index is 0.0979. The SMILES string of the molecule is COc1ccc(Cc2nnc(SCC(=O)N3CCC[C@@H](c4nc5ccccc5s4)C3)o2)cc1. The van der Waals surface area contributed by atoms with Crippen molar-refractivity contribution in [3.8, 4) is 5.75 Å². The van der Waals surface area contributed by atoms with E-state index in [9.17, 15) is 4.79 Å². The average Bonchev–Trinajstić information content (AvgIpc) is 3.50. The number of thiazole rings is 1. The number of thioether (sulfide) groups is 1. The fourth-order valence-electron chi connectivity index (χ4n) is 3.97. The molecule has 2 aromatic heterocycles. The van der Waals surface area contributed by atoms with E-state index in [-0.39, 0.29) is 11.7 Å². The first-order chi connectivity index (χ1) is 16.2. The van der Waals surface area contributed by atoms with E-state index in [4.69, 9.17) is 14.1 Å². The van der Waals surface area contributed by atoms with E-state index in [1.54, 1.807) is 18.4 Å². The highest BCUT2D eigenvalue weighted by Crippen LogP contribution is 2.33. The summed E-state index contributed by atoms with van der Waals surface area (Å²) < 4.78 is 12.1. The van der Waals surface area contributed by atoms with Crippen molar-refractivity contribution in [2.24, 2.45) is 0 Å². The summed E-state index contributed by atoms with van der Waals surface area (Å²) in [5, 5.41) is 9.76. The molecule has 1 aliphatic heterocycles. The number of nitrogens with zero attached hydrogens (tertiary/aromatic N) is 4. The number of likely N-dealkylation sites (tertiary alicyclic amines) is 1. The molecule has 2 aromatic carbocycles. The Bertz CT molecular complexity index is 1200. The first kappa shape index (κ1) is 21.9. The number of carbonyl (C=O) groups excluding carboxylic acids is 1. The van der Waals surface area contributed by atoms with Gasteiger partial charge in [-0.15, -0.1) is 21.5 Å². The number of piperidine rings is 1. The molecule has 33 heavy (non-hydrogen) atoms. The number of aromatic nitrogens is 3. The molecule has 0 radical (unpaired) electrons. The van der Waals surface area contributed by atoms with E-state index < -0.39 is 0 Å². The van der Waals surface area contributed by atoms with Crippen LogP contribution in [-0.2, 0) is 11.2 Å². The molecule has 0 spiro atoms. The molecule has 1 saturated heterocycles. The molecule has 1 aliphatic rings. The molecule has 3 heterocycles. The zero-order chi connectivity index (χ0) is 22.6. The van der Waals surface area contributed by atoms with Crippen LogP contribution in [0.25, 0.3) is 10.2 Å². The summed E-state index contributed by atoms with van der Waals surface area (Å²) in [6, 6.07) is 15.9. The van der Waals surface area contributed by atoms with Crippen LogP contribution >= 0.6 is 23.1 Å². The fourth-order valence-corrected chi connectivity index (χ4v) is 5.75. The molecule has 0 aliphatic carbocycles. The lowest BCUT2D eigenvalue weighted by molar-refractivity contribution is -0.129. The number of fused-ring (bicyclic) bond motifs is 1. The molecule has 0 unspecified atom stereocenters. The van der Waals surface area contributed by atoms with Crippen LogP contribution in [0.4, 0.5) is 0 Å². The molecule has 9 heteroatoms. The topological polar surface area (TPSA) is 81.4 Å². The van der Waals surface area contributed by atoms with Crippen LogP contribution in [0.5, 0.6) is 5.75 Å². The van der Waals surface area contributed by atoms with Gasteiger partial charge in [0.1, 0.15) is 5.75 Å². The highest BCUT2D eigenvalue weighted by Gasteiger charge is 2.27. The second kappa shape index (κ2) is 9.93. The van der Waals surface area contributed by atoms with Gasteiger partial charge in [0.15, 0.2) is 0 Å². The normalized spacial score (nSPS) is 16.3. The van der Waals surface area contributed by atoms with Crippen LogP contribution in [0, 0.1) is 0 Å². The molecule has 0 N–H and O–H groups in total. The van der Waals surface area contributed by atoms with Crippen molar-refractivity contribution >= 4 is 39.2 Å². The Hall–Kier alpha value is -2.91. The highest BCUT2D eigenvalue weighted by atomic mass is 32.2. The Morgan fingerprint density at radius 1 is 1.21 bits per heavy atom. The van der Waals surface area contributed by atoms with Crippen LogP contribution in [0.2, 0.25) is 0 Å². The Balaban J connectivity index is 1.15. The highest BCUT2D eigenvalue weighted by molar-refractivity contribution is 7.99. The number of rotatable bonds is 7. The van der Waals surface area contributed by atoms with Crippen LogP contribution in [0.3, 0.4) is 0 Å². The molecule has 0 saturated carbocycles. The third kappa shape index (κ3) is 5.20. The summed E-state index contributed by atoms with van der Waals surface area (Å²) in [5.41, 5.74) is 2.10. The predicted octanol–water partition coefficient (Wildman–Crippen LogP) is 4.78. The van der Waals surface area contributed by atoms with Gasteiger partial charge in [-0.25, -0.2) is 4.98 Å². The summed E-state index contributed by atoms with van der Waals surface area (Å²) in [4.78, 5) is 19.6. The maximum atomic E-state index is 12.9. The smallest absolute Gasteiger partial charge is 0.277 e. The van der Waals surface area contributed by atoms with E-state index in [0.29, 0.717) is 30.0 Å². The Labute approximate surface area is 200 Å². The van der Waals surface area contributed by atoms with Crippen molar-refractivity contribution in [2.45, 2.75) is 30.4 Å². The molecule has 1 amide bonds. The van der Waals surface area contributed by atoms with E-state index in [2.05, 4.69) is 16.3 Å². The van der Waals surface area contributed by atoms with Crippen molar-refractivity contribution in [1.82, 2.24) is 20.1 Å². The molecule has 1 atom stereocenters. The quantitative estimate of drug-likeness (QED) is 0.352. The minimum atomic E-state index is 0.0979. The summed E-state index contributed by atoms with van der Waals surface area (Å²) in [6.45, 7) is 1.50. The van der Waals surface area contributed by atoms with Crippen molar-refractivity contribution in [2.75, 3.05) is 26.0 Å². The maximum Gasteiger partial charge on any atom is 0.277 e. The number of para-hydroxylation sites is 1. The summed E-state index contributed by atoms with van der Waals surface area (Å²) >= 11 is 3.03. The number of benzene rings is 2. The summed E-state index contributed by atoms with van der Waals surface area (Å²) in [7, 11) is 1.64. The first-order valence-electron chi connectivity index (χ1n) is 10.9. The Morgan fingerprint density at radius 3 is 2.88 bits per heavy atom. The number of hydrogen-bond donors (Lipinski definition) is 0. The number of hydrogen-bond acceptors (Lipinski definition) is 8. The van der Waals surface area contributed by atoms with E-state index in [1.165, 1.54) is 16.5 Å². The summed E-state index contributed by atoms with van der Waals surface area (Å²) in [5.74, 6) is 2.02. The van der Waals surface area contributed by atoms with Gasteiger partial charge in [-0.1, -0.05) is 36.0 Å². The van der Waals surface area contributed by atoms with Crippen LogP contribution in [0.15, 0.2) is 58.2 Å². The van der Waals surface area contributed by atoms with Crippen molar-refractivity contribution in [3.63, 3.8) is 0 Å². The van der Waals surface area contributed by atoms with E-state index in [1.807, 2.05) is 47.4 Å². The van der Waals surface area contributed by atoms with Crippen LogP contribution < -0.4 is 4.74 Å². The van der Waals surface area contributed by atoms with Gasteiger partial charge in [-0.2, -0.15) is 0 Å². The molecular formula is C24H24N4O3S2. The number of methoxy groups -OCH3 is 1. The second-order valence-electron chi connectivity index (χ2n) is 7.97. The molecule has 7 nitrogen and oxygen atoms in total. The third-order valence-corrected chi connectivity index (χ3v) is 7.72.